The highest BCUT2D eigenvalue weighted by molar-refractivity contribution is 5.79. The van der Waals surface area contributed by atoms with E-state index in [-0.39, 0.29) is 30.0 Å². The summed E-state index contributed by atoms with van der Waals surface area (Å²) < 4.78 is 40.0. The molecule has 1 saturated carbocycles. The zero-order chi connectivity index (χ0) is 17.7. The van der Waals surface area contributed by atoms with Crippen LogP contribution in [0, 0.1) is 5.92 Å². The number of amides is 1. The molecule has 1 fully saturated rings. The lowest BCUT2D eigenvalue weighted by Crippen LogP contribution is -2.39. The molecule has 0 atom stereocenters. The molecule has 5 nitrogen and oxygen atoms in total. The normalized spacial score (nSPS) is 21.1. The number of aliphatic carboxylic acids is 1. The standard InChI is InChI=1S/C16H18F3NO4/c17-16(18,19)24-13-7-1-10(2-8-13)9-14(21)20-12-5-3-11(4-6-12)15(22)23/h1-2,7-8,11-12H,3-6,9H2,(H,20,21)(H,22,23). The highest BCUT2D eigenvalue weighted by Crippen LogP contribution is 2.25. The number of nitrogens with one attached hydrogen (secondary N) is 1. The predicted octanol–water partition coefficient (Wildman–Crippen LogP) is 2.89. The molecule has 8 heteroatoms. The van der Waals surface area contributed by atoms with Crippen molar-refractivity contribution in [3.05, 3.63) is 29.8 Å². The molecule has 1 aromatic rings. The van der Waals surface area contributed by atoms with Crippen LogP contribution in [0.2, 0.25) is 0 Å². The van der Waals surface area contributed by atoms with Crippen LogP contribution in [0.1, 0.15) is 31.2 Å². The Morgan fingerprint density at radius 1 is 1.12 bits per heavy atom. The topological polar surface area (TPSA) is 75.6 Å². The maximum atomic E-state index is 12.1. The number of carboxylic acid groups (broad SMARTS) is 1. The molecule has 0 radical (unpaired) electrons. The first-order chi connectivity index (χ1) is 11.2. The second-order valence-corrected chi connectivity index (χ2v) is 5.82. The van der Waals surface area contributed by atoms with Crippen molar-refractivity contribution < 1.29 is 32.6 Å². The molecule has 0 heterocycles. The van der Waals surface area contributed by atoms with E-state index in [0.717, 1.165) is 12.1 Å². The minimum absolute atomic E-state index is 0.0468. The van der Waals surface area contributed by atoms with E-state index in [1.165, 1.54) is 12.1 Å². The van der Waals surface area contributed by atoms with E-state index in [0.29, 0.717) is 31.2 Å². The van der Waals surface area contributed by atoms with E-state index in [2.05, 4.69) is 10.1 Å². The van der Waals surface area contributed by atoms with E-state index >= 15 is 0 Å². The summed E-state index contributed by atoms with van der Waals surface area (Å²) in [5.41, 5.74) is 0.571. The van der Waals surface area contributed by atoms with Crippen LogP contribution < -0.4 is 10.1 Å². The van der Waals surface area contributed by atoms with Crippen molar-refractivity contribution in [2.45, 2.75) is 44.5 Å². The quantitative estimate of drug-likeness (QED) is 0.860. The number of carbonyl (C=O) groups excluding carboxylic acids is 1. The number of hydrogen-bond donors (Lipinski definition) is 2. The van der Waals surface area contributed by atoms with Crippen LogP contribution in [0.25, 0.3) is 0 Å². The average Bonchev–Trinajstić information content (AvgIpc) is 2.48. The molecular formula is C16H18F3NO4. The van der Waals surface area contributed by atoms with E-state index in [1.54, 1.807) is 0 Å². The summed E-state index contributed by atoms with van der Waals surface area (Å²) in [6, 6.07) is 5.08. The smallest absolute Gasteiger partial charge is 0.481 e. The number of halogens is 3. The Bertz CT molecular complexity index is 578. The van der Waals surface area contributed by atoms with Crippen LogP contribution in [0.15, 0.2) is 24.3 Å². The third-order valence-electron chi connectivity index (χ3n) is 3.96. The van der Waals surface area contributed by atoms with Crippen molar-refractivity contribution in [1.82, 2.24) is 5.32 Å². The number of benzene rings is 1. The van der Waals surface area contributed by atoms with E-state index in [1.807, 2.05) is 0 Å². The largest absolute Gasteiger partial charge is 0.573 e. The van der Waals surface area contributed by atoms with Gasteiger partial charge in [-0.3, -0.25) is 9.59 Å². The van der Waals surface area contributed by atoms with Gasteiger partial charge in [0, 0.05) is 6.04 Å². The predicted molar refractivity (Wildman–Crippen MR) is 78.4 cm³/mol. The van der Waals surface area contributed by atoms with E-state index < -0.39 is 12.3 Å². The zero-order valence-corrected chi connectivity index (χ0v) is 12.8. The number of hydrogen-bond acceptors (Lipinski definition) is 3. The number of carboxylic acids is 1. The molecule has 0 aromatic heterocycles. The van der Waals surface area contributed by atoms with Gasteiger partial charge in [-0.2, -0.15) is 0 Å². The van der Waals surface area contributed by atoms with Crippen LogP contribution in [0.3, 0.4) is 0 Å². The Morgan fingerprint density at radius 2 is 1.71 bits per heavy atom. The SMILES string of the molecule is O=C(Cc1ccc(OC(F)(F)F)cc1)NC1CCC(C(=O)O)CC1. The molecular weight excluding hydrogens is 327 g/mol. The molecule has 0 bridgehead atoms. The van der Waals surface area contributed by atoms with Crippen molar-refractivity contribution in [3.63, 3.8) is 0 Å². The van der Waals surface area contributed by atoms with Gasteiger partial charge in [0.25, 0.3) is 0 Å². The number of ether oxygens (including phenoxy) is 1. The van der Waals surface area contributed by atoms with Crippen molar-refractivity contribution >= 4 is 11.9 Å². The molecule has 1 aliphatic rings. The van der Waals surface area contributed by atoms with Gasteiger partial charge >= 0.3 is 12.3 Å². The van der Waals surface area contributed by atoms with Gasteiger partial charge in [-0.15, -0.1) is 13.2 Å². The Kier molecular flexibility index (Phi) is 5.69. The Morgan fingerprint density at radius 3 is 2.21 bits per heavy atom. The third kappa shape index (κ3) is 5.75. The van der Waals surface area contributed by atoms with Crippen molar-refractivity contribution in [3.8, 4) is 5.75 Å². The Balaban J connectivity index is 1.79. The van der Waals surface area contributed by atoms with Crippen molar-refractivity contribution in [1.29, 1.82) is 0 Å². The summed E-state index contributed by atoms with van der Waals surface area (Å²) in [4.78, 5) is 22.8. The summed E-state index contributed by atoms with van der Waals surface area (Å²) in [7, 11) is 0. The van der Waals surface area contributed by atoms with Gasteiger partial charge in [-0.1, -0.05) is 12.1 Å². The molecule has 1 amide bonds. The van der Waals surface area contributed by atoms with Gasteiger partial charge in [-0.05, 0) is 43.4 Å². The molecule has 1 aliphatic carbocycles. The number of carbonyl (C=O) groups is 2. The molecule has 24 heavy (non-hydrogen) atoms. The van der Waals surface area contributed by atoms with E-state index in [4.69, 9.17) is 5.11 Å². The summed E-state index contributed by atoms with van der Waals surface area (Å²) >= 11 is 0. The van der Waals surface area contributed by atoms with Gasteiger partial charge in [-0.25, -0.2) is 0 Å². The summed E-state index contributed by atoms with van der Waals surface area (Å²) in [6.45, 7) is 0. The van der Waals surface area contributed by atoms with Gasteiger partial charge in [0.15, 0.2) is 0 Å². The molecule has 0 aliphatic heterocycles. The van der Waals surface area contributed by atoms with Crippen LogP contribution in [0.5, 0.6) is 5.75 Å². The second-order valence-electron chi connectivity index (χ2n) is 5.82. The van der Waals surface area contributed by atoms with Crippen molar-refractivity contribution in [2.75, 3.05) is 0 Å². The first-order valence-corrected chi connectivity index (χ1v) is 7.60. The van der Waals surface area contributed by atoms with Crippen LogP contribution in [-0.2, 0) is 16.0 Å². The molecule has 0 spiro atoms. The van der Waals surface area contributed by atoms with Gasteiger partial charge < -0.3 is 15.2 Å². The fraction of sp³-hybridized carbons (Fsp3) is 0.500. The zero-order valence-electron chi connectivity index (χ0n) is 12.8. The number of alkyl halides is 3. The summed E-state index contributed by atoms with van der Waals surface area (Å²) in [5, 5.41) is 11.8. The minimum atomic E-state index is -4.74. The lowest BCUT2D eigenvalue weighted by atomic mass is 9.86. The van der Waals surface area contributed by atoms with E-state index in [9.17, 15) is 22.8 Å². The fourth-order valence-corrected chi connectivity index (χ4v) is 2.76. The second kappa shape index (κ2) is 7.55. The fourth-order valence-electron chi connectivity index (χ4n) is 2.76. The van der Waals surface area contributed by atoms with Crippen molar-refractivity contribution in [2.24, 2.45) is 5.92 Å². The van der Waals surface area contributed by atoms with Gasteiger partial charge in [0.1, 0.15) is 5.75 Å². The molecule has 2 N–H and O–H groups in total. The maximum Gasteiger partial charge on any atom is 0.573 e. The first kappa shape index (κ1) is 18.1. The third-order valence-corrected chi connectivity index (χ3v) is 3.96. The Hall–Kier alpha value is -2.25. The lowest BCUT2D eigenvalue weighted by molar-refractivity contribution is -0.274. The summed E-state index contributed by atoms with van der Waals surface area (Å²) in [5.74, 6) is -1.72. The molecule has 1 aromatic carbocycles. The lowest BCUT2D eigenvalue weighted by Gasteiger charge is -2.26. The Labute approximate surface area is 136 Å². The maximum absolute atomic E-state index is 12.1. The van der Waals surface area contributed by atoms with Crippen LogP contribution in [0.4, 0.5) is 13.2 Å². The molecule has 0 unspecified atom stereocenters. The highest BCUT2D eigenvalue weighted by Gasteiger charge is 2.31. The monoisotopic (exact) mass is 345 g/mol. The minimum Gasteiger partial charge on any atom is -0.481 e. The van der Waals surface area contributed by atoms with Crippen LogP contribution in [-0.4, -0.2) is 29.4 Å². The average molecular weight is 345 g/mol. The highest BCUT2D eigenvalue weighted by atomic mass is 19.4. The molecule has 132 valence electrons. The first-order valence-electron chi connectivity index (χ1n) is 7.60. The molecule has 0 saturated heterocycles. The van der Waals surface area contributed by atoms with Gasteiger partial charge in [0.05, 0.1) is 12.3 Å². The summed E-state index contributed by atoms with van der Waals surface area (Å²) in [6.07, 6.45) is -2.41. The van der Waals surface area contributed by atoms with Gasteiger partial charge in [0.2, 0.25) is 5.91 Å². The molecule has 2 rings (SSSR count). The number of rotatable bonds is 5. The van der Waals surface area contributed by atoms with Crippen LogP contribution >= 0.6 is 0 Å².